The topological polar surface area (TPSA) is 45.7 Å². The van der Waals surface area contributed by atoms with Gasteiger partial charge in [0.25, 0.3) is 0 Å². The fourth-order valence-corrected chi connectivity index (χ4v) is 3.51. The smallest absolute Gasteiger partial charge is 0.410 e. The summed E-state index contributed by atoms with van der Waals surface area (Å²) in [6.07, 6.45) is 3.83. The van der Waals surface area contributed by atoms with Crippen molar-refractivity contribution in [1.29, 1.82) is 0 Å². The second-order valence-electron chi connectivity index (χ2n) is 7.01. The van der Waals surface area contributed by atoms with Crippen molar-refractivity contribution >= 4 is 27.8 Å². The molecule has 22 heavy (non-hydrogen) atoms. The number of ether oxygens (including phenoxy) is 1. The van der Waals surface area contributed by atoms with E-state index in [2.05, 4.69) is 25.8 Å². The average Bonchev–Trinajstić information content (AvgIpc) is 2.68. The zero-order chi connectivity index (χ0) is 15.9. The molecule has 2 bridgehead atoms. The van der Waals surface area contributed by atoms with E-state index in [4.69, 9.17) is 4.74 Å². The number of hydrogen-bond acceptors (Lipinski definition) is 4. The molecule has 1 aromatic heterocycles. The van der Waals surface area contributed by atoms with Gasteiger partial charge in [0.2, 0.25) is 0 Å². The molecule has 2 unspecified atom stereocenters. The molecule has 3 rings (SSSR count). The third kappa shape index (κ3) is 3.21. The fourth-order valence-electron chi connectivity index (χ4n) is 3.27. The van der Waals surface area contributed by atoms with Crippen molar-refractivity contribution in [2.45, 2.75) is 51.3 Å². The number of rotatable bonds is 1. The number of carbonyl (C=O) groups is 1. The monoisotopic (exact) mass is 367 g/mol. The Morgan fingerprint density at radius 3 is 2.41 bits per heavy atom. The van der Waals surface area contributed by atoms with Gasteiger partial charge in [0.15, 0.2) is 0 Å². The molecule has 1 aromatic rings. The van der Waals surface area contributed by atoms with Crippen molar-refractivity contribution in [1.82, 2.24) is 9.88 Å². The minimum absolute atomic E-state index is 0.201. The Balaban J connectivity index is 1.71. The molecule has 6 heteroatoms. The normalized spacial score (nSPS) is 24.5. The van der Waals surface area contributed by atoms with Crippen LogP contribution in [-0.4, -0.2) is 46.8 Å². The number of pyridine rings is 1. The van der Waals surface area contributed by atoms with Gasteiger partial charge < -0.3 is 14.5 Å². The van der Waals surface area contributed by atoms with Crippen LogP contribution in [0.4, 0.5) is 10.6 Å². The van der Waals surface area contributed by atoms with E-state index in [-0.39, 0.29) is 6.09 Å². The van der Waals surface area contributed by atoms with Crippen LogP contribution in [0.15, 0.2) is 22.8 Å². The van der Waals surface area contributed by atoms with Gasteiger partial charge in [-0.3, -0.25) is 0 Å². The average molecular weight is 368 g/mol. The van der Waals surface area contributed by atoms with Crippen molar-refractivity contribution in [3.63, 3.8) is 0 Å². The molecule has 2 fully saturated rings. The van der Waals surface area contributed by atoms with E-state index in [0.717, 1.165) is 23.1 Å². The lowest BCUT2D eigenvalue weighted by Crippen LogP contribution is -2.56. The number of amides is 1. The van der Waals surface area contributed by atoms with Crippen molar-refractivity contribution in [3.8, 4) is 0 Å². The zero-order valence-electron chi connectivity index (χ0n) is 13.3. The highest BCUT2D eigenvalue weighted by Gasteiger charge is 2.42. The van der Waals surface area contributed by atoms with E-state index >= 15 is 0 Å². The van der Waals surface area contributed by atoms with Crippen LogP contribution in [0.3, 0.4) is 0 Å². The summed E-state index contributed by atoms with van der Waals surface area (Å²) in [5.74, 6) is 1.000. The summed E-state index contributed by atoms with van der Waals surface area (Å²) in [6.45, 7) is 7.14. The van der Waals surface area contributed by atoms with Crippen molar-refractivity contribution < 1.29 is 9.53 Å². The molecule has 2 atom stereocenters. The molecule has 5 nitrogen and oxygen atoms in total. The van der Waals surface area contributed by atoms with Crippen LogP contribution < -0.4 is 4.90 Å². The third-order valence-electron chi connectivity index (χ3n) is 4.11. The van der Waals surface area contributed by atoms with Crippen LogP contribution in [0.25, 0.3) is 0 Å². The van der Waals surface area contributed by atoms with E-state index in [1.807, 2.05) is 44.0 Å². The lowest BCUT2D eigenvalue weighted by molar-refractivity contribution is 0.0209. The molecular formula is C16H22BrN3O2. The molecule has 0 saturated carbocycles. The molecule has 2 saturated heterocycles. The minimum atomic E-state index is -0.444. The van der Waals surface area contributed by atoms with Gasteiger partial charge in [-0.25, -0.2) is 9.78 Å². The summed E-state index contributed by atoms with van der Waals surface area (Å²) < 4.78 is 6.49. The second-order valence-corrected chi connectivity index (χ2v) is 7.93. The van der Waals surface area contributed by atoms with E-state index < -0.39 is 5.60 Å². The van der Waals surface area contributed by atoms with E-state index in [9.17, 15) is 4.79 Å². The van der Waals surface area contributed by atoms with Crippen LogP contribution >= 0.6 is 15.9 Å². The Hall–Kier alpha value is -1.30. The maximum atomic E-state index is 12.3. The number of aromatic nitrogens is 1. The lowest BCUT2D eigenvalue weighted by atomic mass is 10.2. The van der Waals surface area contributed by atoms with Gasteiger partial charge in [0.05, 0.1) is 0 Å². The first-order valence-electron chi connectivity index (χ1n) is 7.71. The fraction of sp³-hybridized carbons (Fsp3) is 0.625. The summed E-state index contributed by atoms with van der Waals surface area (Å²) in [5.41, 5.74) is -0.444. The third-order valence-corrected chi connectivity index (χ3v) is 4.58. The Bertz CT molecular complexity index is 542. The standard InChI is InChI=1S/C16H22BrN3O2/c1-16(2,3)22-15(21)19-9-12-5-6-13(10-19)20(12)14-7-4-11(17)8-18-14/h4,7-8,12-13H,5-6,9-10H2,1-3H3. The van der Waals surface area contributed by atoms with Crippen LogP contribution in [0.5, 0.6) is 0 Å². The number of halogens is 1. The van der Waals surface area contributed by atoms with Gasteiger partial charge >= 0.3 is 6.09 Å². The molecule has 3 heterocycles. The molecule has 1 amide bonds. The predicted octanol–water partition coefficient (Wildman–Crippen LogP) is 3.43. The quantitative estimate of drug-likeness (QED) is 0.762. The van der Waals surface area contributed by atoms with Crippen LogP contribution in [-0.2, 0) is 4.74 Å². The Morgan fingerprint density at radius 1 is 1.27 bits per heavy atom. The van der Waals surface area contributed by atoms with Gasteiger partial charge in [-0.15, -0.1) is 0 Å². The zero-order valence-corrected chi connectivity index (χ0v) is 14.8. The Kier molecular flexibility index (Phi) is 4.05. The van der Waals surface area contributed by atoms with Crippen molar-refractivity contribution in [2.24, 2.45) is 0 Å². The molecule has 0 aromatic carbocycles. The number of nitrogens with zero attached hydrogens (tertiary/aromatic N) is 3. The largest absolute Gasteiger partial charge is 0.444 e. The molecule has 2 aliphatic rings. The molecule has 0 aliphatic carbocycles. The summed E-state index contributed by atoms with van der Waals surface area (Å²) >= 11 is 3.42. The minimum Gasteiger partial charge on any atom is -0.444 e. The summed E-state index contributed by atoms with van der Waals surface area (Å²) in [5, 5.41) is 0. The van der Waals surface area contributed by atoms with Gasteiger partial charge in [0.1, 0.15) is 11.4 Å². The highest BCUT2D eigenvalue weighted by molar-refractivity contribution is 9.10. The van der Waals surface area contributed by atoms with E-state index in [0.29, 0.717) is 25.2 Å². The summed E-state index contributed by atoms with van der Waals surface area (Å²) in [7, 11) is 0. The van der Waals surface area contributed by atoms with E-state index in [1.165, 1.54) is 0 Å². The van der Waals surface area contributed by atoms with Crippen molar-refractivity contribution in [2.75, 3.05) is 18.0 Å². The molecule has 0 radical (unpaired) electrons. The number of hydrogen-bond donors (Lipinski definition) is 0. The first-order chi connectivity index (χ1) is 10.3. The number of piperazine rings is 1. The molecule has 0 N–H and O–H groups in total. The van der Waals surface area contributed by atoms with Crippen LogP contribution in [0.1, 0.15) is 33.6 Å². The second kappa shape index (κ2) is 5.72. The number of carbonyl (C=O) groups excluding carboxylic acids is 1. The lowest BCUT2D eigenvalue weighted by Gasteiger charge is -2.41. The SMILES string of the molecule is CC(C)(C)OC(=O)N1CC2CCC(C1)N2c1ccc(Br)cn1. The Labute approximate surface area is 139 Å². The molecule has 2 aliphatic heterocycles. The summed E-state index contributed by atoms with van der Waals surface area (Å²) in [6, 6.07) is 4.72. The molecule has 120 valence electrons. The maximum absolute atomic E-state index is 12.3. The predicted molar refractivity (Wildman–Crippen MR) is 89.0 cm³/mol. The first-order valence-corrected chi connectivity index (χ1v) is 8.50. The highest BCUT2D eigenvalue weighted by Crippen LogP contribution is 2.34. The van der Waals surface area contributed by atoms with Gasteiger partial charge in [-0.05, 0) is 61.7 Å². The number of anilines is 1. The number of fused-ring (bicyclic) bond motifs is 2. The van der Waals surface area contributed by atoms with Crippen molar-refractivity contribution in [3.05, 3.63) is 22.8 Å². The van der Waals surface area contributed by atoms with Crippen LogP contribution in [0.2, 0.25) is 0 Å². The van der Waals surface area contributed by atoms with Gasteiger partial charge in [0, 0.05) is 35.8 Å². The van der Waals surface area contributed by atoms with Gasteiger partial charge in [-0.2, -0.15) is 0 Å². The molecular weight excluding hydrogens is 346 g/mol. The maximum Gasteiger partial charge on any atom is 0.410 e. The first kappa shape index (κ1) is 15.6. The van der Waals surface area contributed by atoms with Crippen LogP contribution in [0, 0.1) is 0 Å². The molecule has 0 spiro atoms. The Morgan fingerprint density at radius 2 is 1.91 bits per heavy atom. The van der Waals surface area contributed by atoms with Gasteiger partial charge in [-0.1, -0.05) is 0 Å². The highest BCUT2D eigenvalue weighted by atomic mass is 79.9. The summed E-state index contributed by atoms with van der Waals surface area (Å²) in [4.78, 5) is 21.0. The number of likely N-dealkylation sites (tertiary alicyclic amines) is 1. The van der Waals surface area contributed by atoms with E-state index in [1.54, 1.807) is 0 Å².